The molecule has 0 fully saturated rings. The predicted octanol–water partition coefficient (Wildman–Crippen LogP) is 2.30. The molecule has 0 aliphatic carbocycles. The van der Waals surface area contributed by atoms with Gasteiger partial charge in [-0.15, -0.1) is 0 Å². The van der Waals surface area contributed by atoms with E-state index in [0.717, 1.165) is 22.8 Å². The average Bonchev–Trinajstić information content (AvgIpc) is 2.77. The molecule has 2 aromatic heterocycles. The molecule has 0 bridgehead atoms. The van der Waals surface area contributed by atoms with E-state index in [4.69, 9.17) is 0 Å². The number of aldehydes is 1. The van der Waals surface area contributed by atoms with Crippen molar-refractivity contribution in [1.82, 2.24) is 9.38 Å². The molecule has 0 aliphatic heterocycles. The number of nitrogens with zero attached hydrogens (tertiary/aromatic N) is 2. The van der Waals surface area contributed by atoms with Crippen molar-refractivity contribution < 1.29 is 4.79 Å². The summed E-state index contributed by atoms with van der Waals surface area (Å²) in [6.07, 6.45) is 2.73. The molecule has 0 N–H and O–H groups in total. The Balaban J connectivity index is 2.62. The van der Waals surface area contributed by atoms with Crippen molar-refractivity contribution in [3.8, 4) is 0 Å². The fourth-order valence-electron chi connectivity index (χ4n) is 1.84. The summed E-state index contributed by atoms with van der Waals surface area (Å²) in [5, 5.41) is 0. The number of rotatable bonds is 1. The standard InChI is InChI=1S/C12H8N2O/c15-8-10-12-6-3-7-14(12)11-5-2-1-4-9(11)13-10/h1-8H. The first kappa shape index (κ1) is 8.17. The van der Waals surface area contributed by atoms with Crippen LogP contribution in [0.3, 0.4) is 0 Å². The Morgan fingerprint density at radius 1 is 1.07 bits per heavy atom. The molecular formula is C12H8N2O. The fraction of sp³-hybridized carbons (Fsp3) is 0. The molecule has 2 heterocycles. The lowest BCUT2D eigenvalue weighted by Gasteiger charge is -2.03. The fourth-order valence-corrected chi connectivity index (χ4v) is 1.84. The second-order valence-corrected chi connectivity index (χ2v) is 3.37. The third kappa shape index (κ3) is 1.06. The van der Waals surface area contributed by atoms with Crippen LogP contribution in [0, 0.1) is 0 Å². The SMILES string of the molecule is O=Cc1nc2ccccc2n2cccc12. The van der Waals surface area contributed by atoms with Gasteiger partial charge < -0.3 is 4.40 Å². The van der Waals surface area contributed by atoms with Crippen molar-refractivity contribution >= 4 is 22.8 Å². The van der Waals surface area contributed by atoms with Crippen LogP contribution in [0.15, 0.2) is 42.6 Å². The van der Waals surface area contributed by atoms with Gasteiger partial charge in [0, 0.05) is 6.20 Å². The molecule has 0 saturated carbocycles. The van der Waals surface area contributed by atoms with E-state index in [1.807, 2.05) is 47.0 Å². The van der Waals surface area contributed by atoms with Gasteiger partial charge in [-0.1, -0.05) is 12.1 Å². The van der Waals surface area contributed by atoms with Crippen LogP contribution < -0.4 is 0 Å². The number of carbonyl (C=O) groups is 1. The molecule has 0 radical (unpaired) electrons. The molecule has 3 rings (SSSR count). The molecule has 1 aromatic carbocycles. The summed E-state index contributed by atoms with van der Waals surface area (Å²) in [5.74, 6) is 0. The molecule has 0 amide bonds. The molecule has 3 heteroatoms. The first-order valence-electron chi connectivity index (χ1n) is 4.71. The Morgan fingerprint density at radius 2 is 1.87 bits per heavy atom. The first-order chi connectivity index (χ1) is 7.40. The Kier molecular flexibility index (Phi) is 1.59. The minimum atomic E-state index is 0.485. The topological polar surface area (TPSA) is 34.4 Å². The van der Waals surface area contributed by atoms with Gasteiger partial charge in [0.2, 0.25) is 0 Å². The largest absolute Gasteiger partial charge is 0.313 e. The number of carbonyl (C=O) groups excluding carboxylic acids is 1. The van der Waals surface area contributed by atoms with Gasteiger partial charge in [0.15, 0.2) is 6.29 Å². The summed E-state index contributed by atoms with van der Waals surface area (Å²) in [7, 11) is 0. The highest BCUT2D eigenvalue weighted by Gasteiger charge is 2.05. The molecular weight excluding hydrogens is 188 g/mol. The van der Waals surface area contributed by atoms with Crippen LogP contribution in [-0.2, 0) is 0 Å². The third-order valence-electron chi connectivity index (χ3n) is 2.51. The van der Waals surface area contributed by atoms with Crippen molar-refractivity contribution in [2.75, 3.05) is 0 Å². The number of benzene rings is 1. The van der Waals surface area contributed by atoms with Crippen LogP contribution in [-0.4, -0.2) is 15.7 Å². The van der Waals surface area contributed by atoms with Crippen LogP contribution in [0.4, 0.5) is 0 Å². The highest BCUT2D eigenvalue weighted by molar-refractivity contribution is 5.89. The lowest BCUT2D eigenvalue weighted by Crippen LogP contribution is -1.95. The molecule has 0 saturated heterocycles. The van der Waals surface area contributed by atoms with Crippen LogP contribution in [0.2, 0.25) is 0 Å². The molecule has 0 atom stereocenters. The van der Waals surface area contributed by atoms with Gasteiger partial charge in [-0.05, 0) is 24.3 Å². The van der Waals surface area contributed by atoms with Crippen molar-refractivity contribution in [3.05, 3.63) is 48.3 Å². The van der Waals surface area contributed by atoms with Crippen molar-refractivity contribution in [2.24, 2.45) is 0 Å². The van der Waals surface area contributed by atoms with Crippen LogP contribution in [0.1, 0.15) is 10.5 Å². The summed E-state index contributed by atoms with van der Waals surface area (Å²) in [5.41, 5.74) is 3.19. The number of hydrogen-bond acceptors (Lipinski definition) is 2. The normalized spacial score (nSPS) is 10.9. The summed E-state index contributed by atoms with van der Waals surface area (Å²) >= 11 is 0. The quantitative estimate of drug-likeness (QED) is 0.559. The highest BCUT2D eigenvalue weighted by Crippen LogP contribution is 2.17. The lowest BCUT2D eigenvalue weighted by atomic mass is 10.2. The maximum absolute atomic E-state index is 10.9. The van der Waals surface area contributed by atoms with Gasteiger partial charge >= 0.3 is 0 Å². The van der Waals surface area contributed by atoms with Gasteiger partial charge in [-0.25, -0.2) is 4.98 Å². The van der Waals surface area contributed by atoms with E-state index in [2.05, 4.69) is 4.98 Å². The zero-order chi connectivity index (χ0) is 10.3. The minimum absolute atomic E-state index is 0.485. The molecule has 0 aliphatic rings. The lowest BCUT2D eigenvalue weighted by molar-refractivity contribution is 0.112. The van der Waals surface area contributed by atoms with Crippen LogP contribution in [0.25, 0.3) is 16.6 Å². The molecule has 72 valence electrons. The van der Waals surface area contributed by atoms with Gasteiger partial charge in [0.25, 0.3) is 0 Å². The zero-order valence-electron chi connectivity index (χ0n) is 7.92. The maximum atomic E-state index is 10.9. The van der Waals surface area contributed by atoms with E-state index in [0.29, 0.717) is 5.69 Å². The van der Waals surface area contributed by atoms with E-state index >= 15 is 0 Å². The van der Waals surface area contributed by atoms with Gasteiger partial charge in [-0.3, -0.25) is 4.79 Å². The van der Waals surface area contributed by atoms with E-state index in [1.54, 1.807) is 0 Å². The average molecular weight is 196 g/mol. The second kappa shape index (κ2) is 2.92. The molecule has 0 unspecified atom stereocenters. The second-order valence-electron chi connectivity index (χ2n) is 3.37. The summed E-state index contributed by atoms with van der Waals surface area (Å²) in [4.78, 5) is 15.2. The zero-order valence-corrected chi connectivity index (χ0v) is 7.92. The summed E-state index contributed by atoms with van der Waals surface area (Å²) in [6, 6.07) is 11.6. The highest BCUT2D eigenvalue weighted by atomic mass is 16.1. The van der Waals surface area contributed by atoms with Crippen molar-refractivity contribution in [1.29, 1.82) is 0 Å². The Bertz CT molecular complexity index is 655. The van der Waals surface area contributed by atoms with Crippen molar-refractivity contribution in [3.63, 3.8) is 0 Å². The number of fused-ring (bicyclic) bond motifs is 3. The summed E-state index contributed by atoms with van der Waals surface area (Å²) < 4.78 is 1.98. The van der Waals surface area contributed by atoms with E-state index in [-0.39, 0.29) is 0 Å². The third-order valence-corrected chi connectivity index (χ3v) is 2.51. The monoisotopic (exact) mass is 196 g/mol. The number of aromatic nitrogens is 2. The molecule has 3 aromatic rings. The van der Waals surface area contributed by atoms with E-state index < -0.39 is 0 Å². The van der Waals surface area contributed by atoms with Crippen molar-refractivity contribution in [2.45, 2.75) is 0 Å². The summed E-state index contributed by atoms with van der Waals surface area (Å²) in [6.45, 7) is 0. The maximum Gasteiger partial charge on any atom is 0.170 e. The minimum Gasteiger partial charge on any atom is -0.313 e. The Hall–Kier alpha value is -2.16. The van der Waals surface area contributed by atoms with Crippen LogP contribution >= 0.6 is 0 Å². The van der Waals surface area contributed by atoms with E-state index in [1.165, 1.54) is 0 Å². The number of para-hydroxylation sites is 2. The first-order valence-corrected chi connectivity index (χ1v) is 4.71. The van der Waals surface area contributed by atoms with Gasteiger partial charge in [0.05, 0.1) is 16.6 Å². The molecule has 0 spiro atoms. The van der Waals surface area contributed by atoms with E-state index in [9.17, 15) is 4.79 Å². The van der Waals surface area contributed by atoms with Crippen LogP contribution in [0.5, 0.6) is 0 Å². The molecule has 15 heavy (non-hydrogen) atoms. The van der Waals surface area contributed by atoms with Gasteiger partial charge in [0.1, 0.15) is 5.69 Å². The predicted molar refractivity (Wildman–Crippen MR) is 58.1 cm³/mol. The van der Waals surface area contributed by atoms with Gasteiger partial charge in [-0.2, -0.15) is 0 Å². The molecule has 3 nitrogen and oxygen atoms in total. The smallest absolute Gasteiger partial charge is 0.170 e. The Morgan fingerprint density at radius 3 is 2.73 bits per heavy atom. The Labute approximate surface area is 86.0 Å². The number of hydrogen-bond donors (Lipinski definition) is 0.